The Balaban J connectivity index is 1.64. The molecule has 0 atom stereocenters. The molecule has 3 rings (SSSR count). The Labute approximate surface area is 170 Å². The van der Waals surface area contributed by atoms with Crippen molar-refractivity contribution < 1.29 is 18.4 Å². The van der Waals surface area contributed by atoms with E-state index in [9.17, 15) is 18.4 Å². The first kappa shape index (κ1) is 20.3. The van der Waals surface area contributed by atoms with Crippen LogP contribution in [0.2, 0.25) is 5.02 Å². The number of anilines is 3. The van der Waals surface area contributed by atoms with Gasteiger partial charge in [0.25, 0.3) is 5.91 Å². The first-order valence-electron chi connectivity index (χ1n) is 8.57. The molecular formula is C21H16ClF2N3O2. The van der Waals surface area contributed by atoms with E-state index in [1.807, 2.05) is 0 Å². The van der Waals surface area contributed by atoms with Crippen molar-refractivity contribution in [2.75, 3.05) is 22.5 Å². The molecule has 29 heavy (non-hydrogen) atoms. The lowest BCUT2D eigenvalue weighted by Crippen LogP contribution is -2.23. The summed E-state index contributed by atoms with van der Waals surface area (Å²) in [7, 11) is 0. The summed E-state index contributed by atoms with van der Waals surface area (Å²) in [5.41, 5.74) is 1.18. The van der Waals surface area contributed by atoms with E-state index in [4.69, 9.17) is 11.6 Å². The van der Waals surface area contributed by atoms with Crippen molar-refractivity contribution >= 4 is 40.5 Å². The molecule has 3 aromatic rings. The predicted octanol–water partition coefficient (Wildman–Crippen LogP) is 4.92. The van der Waals surface area contributed by atoms with E-state index < -0.39 is 17.5 Å². The number of carbonyl (C=O) groups is 2. The number of hydrogen-bond acceptors (Lipinski definition) is 3. The zero-order chi connectivity index (χ0) is 20.8. The fourth-order valence-corrected chi connectivity index (χ4v) is 2.65. The van der Waals surface area contributed by atoms with Gasteiger partial charge < -0.3 is 16.0 Å². The number of carbonyl (C=O) groups excluding carboxylic acids is 2. The molecule has 0 unspecified atom stereocenters. The highest BCUT2D eigenvalue weighted by Crippen LogP contribution is 2.19. The molecule has 0 aliphatic carbocycles. The summed E-state index contributed by atoms with van der Waals surface area (Å²) in [5.74, 6) is -2.54. The summed E-state index contributed by atoms with van der Waals surface area (Å²) >= 11 is 5.83. The molecule has 3 N–H and O–H groups in total. The average molecular weight is 416 g/mol. The van der Waals surface area contributed by atoms with Gasteiger partial charge in [-0.05, 0) is 48.5 Å². The van der Waals surface area contributed by atoms with Gasteiger partial charge in [0.2, 0.25) is 5.91 Å². The minimum atomic E-state index is -0.874. The van der Waals surface area contributed by atoms with Crippen LogP contribution in [0.4, 0.5) is 25.8 Å². The van der Waals surface area contributed by atoms with E-state index in [1.165, 1.54) is 0 Å². The average Bonchev–Trinajstić information content (AvgIpc) is 2.70. The predicted molar refractivity (Wildman–Crippen MR) is 109 cm³/mol. The molecule has 0 radical (unpaired) electrons. The van der Waals surface area contributed by atoms with Crippen molar-refractivity contribution in [3.8, 4) is 0 Å². The van der Waals surface area contributed by atoms with Crippen LogP contribution >= 0.6 is 11.6 Å². The van der Waals surface area contributed by atoms with Crippen LogP contribution in [0.5, 0.6) is 0 Å². The topological polar surface area (TPSA) is 70.2 Å². The van der Waals surface area contributed by atoms with E-state index in [0.717, 1.165) is 12.1 Å². The lowest BCUT2D eigenvalue weighted by Gasteiger charge is -2.13. The van der Waals surface area contributed by atoms with E-state index in [-0.39, 0.29) is 18.1 Å². The van der Waals surface area contributed by atoms with Crippen LogP contribution in [0.15, 0.2) is 66.7 Å². The van der Waals surface area contributed by atoms with Gasteiger partial charge in [-0.3, -0.25) is 9.59 Å². The van der Waals surface area contributed by atoms with Crippen LogP contribution < -0.4 is 16.0 Å². The zero-order valence-electron chi connectivity index (χ0n) is 15.0. The molecule has 0 aromatic heterocycles. The summed E-state index contributed by atoms with van der Waals surface area (Å²) in [4.78, 5) is 24.6. The first-order chi connectivity index (χ1) is 13.9. The molecule has 3 aromatic carbocycles. The smallest absolute Gasteiger partial charge is 0.257 e. The monoisotopic (exact) mass is 415 g/mol. The molecule has 0 saturated heterocycles. The first-order valence-corrected chi connectivity index (χ1v) is 8.95. The maximum atomic E-state index is 13.6. The highest BCUT2D eigenvalue weighted by molar-refractivity contribution is 6.30. The van der Waals surface area contributed by atoms with Gasteiger partial charge in [-0.25, -0.2) is 8.78 Å². The molecule has 5 nitrogen and oxygen atoms in total. The summed E-state index contributed by atoms with van der Waals surface area (Å²) in [6.07, 6.45) is 0. The van der Waals surface area contributed by atoms with E-state index >= 15 is 0 Å². The highest BCUT2D eigenvalue weighted by atomic mass is 35.5. The van der Waals surface area contributed by atoms with Crippen LogP contribution in [0.1, 0.15) is 10.4 Å². The lowest BCUT2D eigenvalue weighted by molar-refractivity contribution is -0.114. The molecule has 8 heteroatoms. The molecule has 0 bridgehead atoms. The van der Waals surface area contributed by atoms with Crippen molar-refractivity contribution in [2.45, 2.75) is 0 Å². The normalized spacial score (nSPS) is 10.3. The molecule has 2 amide bonds. The number of halogens is 3. The number of rotatable bonds is 6. The summed E-state index contributed by atoms with van der Waals surface area (Å²) < 4.78 is 26.6. The summed E-state index contributed by atoms with van der Waals surface area (Å²) in [5, 5.41) is 8.49. The standard InChI is InChI=1S/C21H16ClF2N3O2/c22-13-5-8-15(9-6-13)26-21(29)16-3-1-2-4-18(16)25-12-20(28)27-19-10-7-14(23)11-17(19)24/h1-11,25H,12H2,(H,26,29)(H,27,28). The van der Waals surface area contributed by atoms with Gasteiger partial charge in [0, 0.05) is 22.5 Å². The zero-order valence-corrected chi connectivity index (χ0v) is 15.8. The largest absolute Gasteiger partial charge is 0.376 e. The molecular weight excluding hydrogens is 400 g/mol. The minimum absolute atomic E-state index is 0.132. The number of benzene rings is 3. The Morgan fingerprint density at radius 2 is 1.59 bits per heavy atom. The molecule has 0 saturated carbocycles. The number of hydrogen-bond donors (Lipinski definition) is 3. The SMILES string of the molecule is O=C(CNc1ccccc1C(=O)Nc1ccc(Cl)cc1)Nc1ccc(F)cc1F. The van der Waals surface area contributed by atoms with E-state index in [2.05, 4.69) is 16.0 Å². The fraction of sp³-hybridized carbons (Fsp3) is 0.0476. The van der Waals surface area contributed by atoms with Crippen molar-refractivity contribution in [3.63, 3.8) is 0 Å². The van der Waals surface area contributed by atoms with E-state index in [1.54, 1.807) is 48.5 Å². The Morgan fingerprint density at radius 3 is 2.31 bits per heavy atom. The van der Waals surface area contributed by atoms with Crippen LogP contribution in [0, 0.1) is 11.6 Å². The molecule has 148 valence electrons. The third-order valence-corrected chi connectivity index (χ3v) is 4.17. The molecule has 0 spiro atoms. The van der Waals surface area contributed by atoms with Crippen molar-refractivity contribution in [2.24, 2.45) is 0 Å². The third kappa shape index (κ3) is 5.52. The van der Waals surface area contributed by atoms with Gasteiger partial charge in [0.1, 0.15) is 11.6 Å². The second-order valence-corrected chi connectivity index (χ2v) is 6.47. The molecule has 0 aliphatic rings. The maximum absolute atomic E-state index is 13.6. The number of amides is 2. The van der Waals surface area contributed by atoms with Crippen LogP contribution in [-0.2, 0) is 4.79 Å². The number of nitrogens with one attached hydrogen (secondary N) is 3. The van der Waals surface area contributed by atoms with Gasteiger partial charge in [-0.2, -0.15) is 0 Å². The van der Waals surface area contributed by atoms with Crippen LogP contribution in [-0.4, -0.2) is 18.4 Å². The second kappa shape index (κ2) is 9.16. The quantitative estimate of drug-likeness (QED) is 0.535. The number of para-hydroxylation sites is 1. The Bertz CT molecular complexity index is 1040. The summed E-state index contributed by atoms with van der Waals surface area (Å²) in [6.45, 7) is -0.220. The second-order valence-electron chi connectivity index (χ2n) is 6.03. The van der Waals surface area contributed by atoms with E-state index in [0.29, 0.717) is 28.0 Å². The van der Waals surface area contributed by atoms with Crippen molar-refractivity contribution in [1.82, 2.24) is 0 Å². The highest BCUT2D eigenvalue weighted by Gasteiger charge is 2.13. The lowest BCUT2D eigenvalue weighted by atomic mass is 10.1. The maximum Gasteiger partial charge on any atom is 0.257 e. The minimum Gasteiger partial charge on any atom is -0.376 e. The third-order valence-electron chi connectivity index (χ3n) is 3.92. The van der Waals surface area contributed by atoms with Gasteiger partial charge in [-0.15, -0.1) is 0 Å². The van der Waals surface area contributed by atoms with Crippen LogP contribution in [0.3, 0.4) is 0 Å². The van der Waals surface area contributed by atoms with Crippen molar-refractivity contribution in [1.29, 1.82) is 0 Å². The van der Waals surface area contributed by atoms with Crippen LogP contribution in [0.25, 0.3) is 0 Å². The Morgan fingerprint density at radius 1 is 0.862 bits per heavy atom. The molecule has 0 fully saturated rings. The Kier molecular flexibility index (Phi) is 6.41. The van der Waals surface area contributed by atoms with Gasteiger partial charge >= 0.3 is 0 Å². The van der Waals surface area contributed by atoms with Crippen molar-refractivity contribution in [3.05, 3.63) is 89.0 Å². The van der Waals surface area contributed by atoms with Gasteiger partial charge in [0.05, 0.1) is 17.8 Å². The fourth-order valence-electron chi connectivity index (χ4n) is 2.53. The molecule has 0 aliphatic heterocycles. The Hall–Kier alpha value is -3.45. The molecule has 0 heterocycles. The van der Waals surface area contributed by atoms with Gasteiger partial charge in [0.15, 0.2) is 0 Å². The van der Waals surface area contributed by atoms with Gasteiger partial charge in [-0.1, -0.05) is 23.7 Å². The summed E-state index contributed by atoms with van der Waals surface area (Å²) in [6, 6.07) is 16.1.